The number of carbonyl (C=O) groups is 1. The van der Waals surface area contributed by atoms with Crippen molar-refractivity contribution < 1.29 is 18.0 Å². The Bertz CT molecular complexity index is 893. The average Bonchev–Trinajstić information content (AvgIpc) is 2.87. The van der Waals surface area contributed by atoms with Crippen molar-refractivity contribution in [3.05, 3.63) is 64.9 Å². The number of halogens is 3. The summed E-state index contributed by atoms with van der Waals surface area (Å²) in [5, 5.41) is 9.52. The minimum atomic E-state index is -4.48. The van der Waals surface area contributed by atoms with Crippen LogP contribution in [0.4, 0.5) is 19.0 Å². The molecule has 0 saturated carbocycles. The topological polar surface area (TPSA) is 57.8 Å². The molecule has 24 heavy (non-hydrogen) atoms. The second kappa shape index (κ2) is 5.09. The SMILES string of the molecule is O=C1CC(c2ccccc2C(F)(F)F)c2c(n[nH]c2C2=CC=C2)N1. The lowest BCUT2D eigenvalue weighted by Crippen LogP contribution is -2.25. The molecule has 0 spiro atoms. The normalized spacial score (nSPS) is 19.4. The van der Waals surface area contributed by atoms with Crippen molar-refractivity contribution in [1.29, 1.82) is 0 Å². The van der Waals surface area contributed by atoms with E-state index >= 15 is 0 Å². The van der Waals surface area contributed by atoms with Gasteiger partial charge in [-0.05, 0) is 17.2 Å². The molecule has 0 fully saturated rings. The smallest absolute Gasteiger partial charge is 0.309 e. The minimum absolute atomic E-state index is 0.0520. The molecule has 4 nitrogen and oxygen atoms in total. The van der Waals surface area contributed by atoms with E-state index in [4.69, 9.17) is 0 Å². The highest BCUT2D eigenvalue weighted by Crippen LogP contribution is 2.45. The number of H-pyrrole nitrogens is 1. The molecular formula is C17H12F3N3O. The molecule has 0 radical (unpaired) electrons. The molecule has 7 heteroatoms. The molecule has 1 amide bonds. The number of aromatic amines is 1. The summed E-state index contributed by atoms with van der Waals surface area (Å²) in [5.41, 5.74) is 1.47. The zero-order valence-corrected chi connectivity index (χ0v) is 12.3. The molecule has 0 bridgehead atoms. The monoisotopic (exact) mass is 331 g/mol. The second-order valence-electron chi connectivity index (χ2n) is 5.73. The molecule has 4 rings (SSSR count). The van der Waals surface area contributed by atoms with Gasteiger partial charge in [-0.15, -0.1) is 0 Å². The van der Waals surface area contributed by atoms with E-state index in [0.29, 0.717) is 17.1 Å². The van der Waals surface area contributed by atoms with E-state index in [2.05, 4.69) is 15.5 Å². The lowest BCUT2D eigenvalue weighted by atomic mass is 9.81. The molecule has 122 valence electrons. The van der Waals surface area contributed by atoms with Gasteiger partial charge in [-0.3, -0.25) is 9.89 Å². The predicted molar refractivity (Wildman–Crippen MR) is 82.2 cm³/mol. The first kappa shape index (κ1) is 14.7. The minimum Gasteiger partial charge on any atom is -0.309 e. The van der Waals surface area contributed by atoms with Crippen molar-refractivity contribution in [2.24, 2.45) is 0 Å². The summed E-state index contributed by atoms with van der Waals surface area (Å²) in [4.78, 5) is 12.0. The molecule has 2 aromatic rings. The molecule has 2 aliphatic rings. The van der Waals surface area contributed by atoms with Crippen LogP contribution in [-0.4, -0.2) is 16.1 Å². The zero-order chi connectivity index (χ0) is 16.9. The van der Waals surface area contributed by atoms with Crippen LogP contribution < -0.4 is 5.32 Å². The van der Waals surface area contributed by atoms with Gasteiger partial charge in [-0.25, -0.2) is 0 Å². The van der Waals surface area contributed by atoms with E-state index in [9.17, 15) is 18.0 Å². The number of amides is 1. The lowest BCUT2D eigenvalue weighted by Gasteiger charge is -2.26. The van der Waals surface area contributed by atoms with Crippen LogP contribution in [0, 0.1) is 0 Å². The number of hydrogen-bond acceptors (Lipinski definition) is 2. The first-order valence-electron chi connectivity index (χ1n) is 7.38. The number of aromatic nitrogens is 2. The van der Waals surface area contributed by atoms with Crippen molar-refractivity contribution in [2.75, 3.05) is 5.32 Å². The largest absolute Gasteiger partial charge is 0.416 e. The Balaban J connectivity index is 1.89. The second-order valence-corrected chi connectivity index (χ2v) is 5.73. The standard InChI is InChI=1S/C17H12F3N3O/c18-17(19,20)12-7-2-1-6-10(12)11-8-13(24)21-16-14(11)15(22-23-16)9-4-3-5-9/h1-7,11H,8H2,(H2,21,22,23,24). The summed E-state index contributed by atoms with van der Waals surface area (Å²) in [5.74, 6) is -0.750. The molecule has 1 atom stereocenters. The highest BCUT2D eigenvalue weighted by Gasteiger charge is 2.39. The van der Waals surface area contributed by atoms with Gasteiger partial charge in [0.05, 0.1) is 11.3 Å². The van der Waals surface area contributed by atoms with Gasteiger partial charge in [0.2, 0.25) is 5.91 Å². The van der Waals surface area contributed by atoms with Gasteiger partial charge in [-0.1, -0.05) is 36.4 Å². The molecule has 1 aromatic heterocycles. The van der Waals surface area contributed by atoms with Gasteiger partial charge in [0.25, 0.3) is 0 Å². The number of hydrogen-bond donors (Lipinski definition) is 2. The highest BCUT2D eigenvalue weighted by molar-refractivity contribution is 5.96. The van der Waals surface area contributed by atoms with E-state index in [-0.39, 0.29) is 17.9 Å². The molecule has 1 aliphatic carbocycles. The molecule has 1 aliphatic heterocycles. The Labute approximate surface area is 135 Å². The molecule has 1 unspecified atom stereocenters. The summed E-state index contributed by atoms with van der Waals surface area (Å²) >= 11 is 0. The van der Waals surface area contributed by atoms with Crippen LogP contribution >= 0.6 is 0 Å². The summed E-state index contributed by atoms with van der Waals surface area (Å²) in [7, 11) is 0. The molecule has 2 heterocycles. The van der Waals surface area contributed by atoms with Crippen molar-refractivity contribution in [1.82, 2.24) is 10.2 Å². The van der Waals surface area contributed by atoms with E-state index in [1.165, 1.54) is 12.1 Å². The van der Waals surface area contributed by atoms with Crippen molar-refractivity contribution in [2.45, 2.75) is 18.5 Å². The Hall–Kier alpha value is -2.83. The number of rotatable bonds is 2. The van der Waals surface area contributed by atoms with Gasteiger partial charge in [-0.2, -0.15) is 18.3 Å². The third-order valence-corrected chi connectivity index (χ3v) is 4.28. The maximum Gasteiger partial charge on any atom is 0.416 e. The van der Waals surface area contributed by atoms with Crippen LogP contribution in [0.5, 0.6) is 0 Å². The zero-order valence-electron chi connectivity index (χ0n) is 12.3. The van der Waals surface area contributed by atoms with E-state index in [0.717, 1.165) is 11.6 Å². The summed E-state index contributed by atoms with van der Waals surface area (Å²) < 4.78 is 40.2. The fourth-order valence-corrected chi connectivity index (χ4v) is 3.16. The van der Waals surface area contributed by atoms with Crippen LogP contribution in [0.15, 0.2) is 42.5 Å². The Morgan fingerprint density at radius 3 is 2.62 bits per heavy atom. The first-order valence-corrected chi connectivity index (χ1v) is 7.38. The number of nitrogens with one attached hydrogen (secondary N) is 2. The summed E-state index contributed by atoms with van der Waals surface area (Å²) in [6, 6.07) is 5.38. The van der Waals surface area contributed by atoms with E-state index in [1.54, 1.807) is 6.07 Å². The Morgan fingerprint density at radius 1 is 1.21 bits per heavy atom. The first-order chi connectivity index (χ1) is 11.4. The van der Waals surface area contributed by atoms with Gasteiger partial charge in [0.1, 0.15) is 0 Å². The number of nitrogens with zero attached hydrogens (tertiary/aromatic N) is 1. The number of alkyl halides is 3. The molecule has 0 saturated heterocycles. The van der Waals surface area contributed by atoms with Crippen LogP contribution in [0.1, 0.15) is 34.7 Å². The maximum absolute atomic E-state index is 13.4. The third kappa shape index (κ3) is 2.24. The summed E-state index contributed by atoms with van der Waals surface area (Å²) in [6.45, 7) is 0. The lowest BCUT2D eigenvalue weighted by molar-refractivity contribution is -0.138. The van der Waals surface area contributed by atoms with Gasteiger partial charge < -0.3 is 5.32 Å². The predicted octanol–water partition coefficient (Wildman–Crippen LogP) is 3.86. The van der Waals surface area contributed by atoms with E-state index in [1.807, 2.05) is 18.2 Å². The number of anilines is 1. The fourth-order valence-electron chi connectivity index (χ4n) is 3.16. The van der Waals surface area contributed by atoms with E-state index < -0.39 is 17.7 Å². The maximum atomic E-state index is 13.4. The van der Waals surface area contributed by atoms with Gasteiger partial charge >= 0.3 is 6.18 Å². The average molecular weight is 331 g/mol. The Morgan fingerprint density at radius 2 is 1.96 bits per heavy atom. The molecule has 1 aromatic carbocycles. The quantitative estimate of drug-likeness (QED) is 0.878. The van der Waals surface area contributed by atoms with Gasteiger partial charge in [0, 0.05) is 17.9 Å². The van der Waals surface area contributed by atoms with Crippen LogP contribution in [0.25, 0.3) is 5.57 Å². The van der Waals surface area contributed by atoms with Crippen molar-refractivity contribution in [3.8, 4) is 0 Å². The Kier molecular flexibility index (Phi) is 3.13. The fraction of sp³-hybridized carbons (Fsp3) is 0.176. The highest BCUT2D eigenvalue weighted by atomic mass is 19.4. The molecule has 2 N–H and O–H groups in total. The van der Waals surface area contributed by atoms with Crippen molar-refractivity contribution >= 4 is 17.3 Å². The van der Waals surface area contributed by atoms with Gasteiger partial charge in [0.15, 0.2) is 5.82 Å². The van der Waals surface area contributed by atoms with Crippen LogP contribution in [-0.2, 0) is 11.0 Å². The molecular weight excluding hydrogens is 319 g/mol. The van der Waals surface area contributed by atoms with Crippen LogP contribution in [0.3, 0.4) is 0 Å². The number of benzene rings is 1. The van der Waals surface area contributed by atoms with Crippen LogP contribution in [0.2, 0.25) is 0 Å². The summed E-state index contributed by atoms with van der Waals surface area (Å²) in [6.07, 6.45) is 0.990. The number of allylic oxidation sites excluding steroid dienone is 4. The van der Waals surface area contributed by atoms with Crippen molar-refractivity contribution in [3.63, 3.8) is 0 Å². The number of carbonyl (C=O) groups excluding carboxylic acids is 1. The number of fused-ring (bicyclic) bond motifs is 1. The third-order valence-electron chi connectivity index (χ3n) is 4.28.